The maximum Gasteiger partial charge on any atom is 0.163 e. The van der Waals surface area contributed by atoms with E-state index in [0.29, 0.717) is 17.6 Å². The van der Waals surface area contributed by atoms with Crippen LogP contribution in [0.5, 0.6) is 0 Å². The fourth-order valence-corrected chi connectivity index (χ4v) is 2.39. The molecule has 1 aromatic rings. The van der Waals surface area contributed by atoms with Gasteiger partial charge in [0.2, 0.25) is 0 Å². The summed E-state index contributed by atoms with van der Waals surface area (Å²) in [5.74, 6) is 1.46. The summed E-state index contributed by atoms with van der Waals surface area (Å²) in [5.41, 5.74) is 3.52. The summed E-state index contributed by atoms with van der Waals surface area (Å²) < 4.78 is 0. The molecule has 0 spiro atoms. The first-order chi connectivity index (χ1) is 7.09. The van der Waals surface area contributed by atoms with Gasteiger partial charge in [-0.15, -0.1) is 0 Å². The molecule has 1 unspecified atom stereocenters. The SMILES string of the molecule is Cc1cccc2c1CC(C(C)C)CC2=O. The van der Waals surface area contributed by atoms with Gasteiger partial charge in [-0.3, -0.25) is 4.79 Å². The van der Waals surface area contributed by atoms with Crippen molar-refractivity contribution in [1.29, 1.82) is 0 Å². The number of fused-ring (bicyclic) bond motifs is 1. The Morgan fingerprint density at radius 2 is 2.00 bits per heavy atom. The van der Waals surface area contributed by atoms with E-state index in [2.05, 4.69) is 26.8 Å². The molecule has 1 aromatic carbocycles. The molecule has 0 saturated heterocycles. The van der Waals surface area contributed by atoms with E-state index in [4.69, 9.17) is 0 Å². The van der Waals surface area contributed by atoms with Gasteiger partial charge in [0.15, 0.2) is 5.78 Å². The third-order valence-electron chi connectivity index (χ3n) is 3.57. The lowest BCUT2D eigenvalue weighted by Crippen LogP contribution is -2.24. The third-order valence-corrected chi connectivity index (χ3v) is 3.57. The van der Waals surface area contributed by atoms with Crippen molar-refractivity contribution in [3.63, 3.8) is 0 Å². The fourth-order valence-electron chi connectivity index (χ4n) is 2.39. The lowest BCUT2D eigenvalue weighted by molar-refractivity contribution is 0.0933. The normalized spacial score (nSPS) is 20.5. The Balaban J connectivity index is 2.42. The van der Waals surface area contributed by atoms with Crippen molar-refractivity contribution in [2.45, 2.75) is 33.6 Å². The highest BCUT2D eigenvalue weighted by Gasteiger charge is 2.27. The van der Waals surface area contributed by atoms with Gasteiger partial charge < -0.3 is 0 Å². The molecule has 1 nitrogen and oxygen atoms in total. The second kappa shape index (κ2) is 3.80. The quantitative estimate of drug-likeness (QED) is 0.682. The summed E-state index contributed by atoms with van der Waals surface area (Å²) in [7, 11) is 0. The van der Waals surface area contributed by atoms with Crippen molar-refractivity contribution < 1.29 is 4.79 Å². The van der Waals surface area contributed by atoms with E-state index >= 15 is 0 Å². The second-order valence-electron chi connectivity index (χ2n) is 4.94. The molecule has 0 amide bonds. The molecule has 0 aliphatic heterocycles. The molecule has 0 radical (unpaired) electrons. The van der Waals surface area contributed by atoms with Gasteiger partial charge in [-0.05, 0) is 36.3 Å². The maximum atomic E-state index is 12.0. The molecule has 0 aromatic heterocycles. The highest BCUT2D eigenvalue weighted by molar-refractivity contribution is 5.99. The Bertz CT molecular complexity index is 390. The lowest BCUT2D eigenvalue weighted by Gasteiger charge is -2.27. The number of Topliss-reactive ketones (excluding diaryl/α,β-unsaturated/α-hetero) is 1. The number of ketones is 1. The Morgan fingerprint density at radius 1 is 1.27 bits per heavy atom. The van der Waals surface area contributed by atoms with Crippen LogP contribution in [0, 0.1) is 18.8 Å². The summed E-state index contributed by atoms with van der Waals surface area (Å²) in [6.45, 7) is 6.53. The van der Waals surface area contributed by atoms with Crippen molar-refractivity contribution >= 4 is 5.78 Å². The Hall–Kier alpha value is -1.11. The van der Waals surface area contributed by atoms with E-state index in [0.717, 1.165) is 18.4 Å². The minimum atomic E-state index is 0.332. The molecule has 2 rings (SSSR count). The first-order valence-electron chi connectivity index (χ1n) is 5.71. The van der Waals surface area contributed by atoms with Crippen molar-refractivity contribution in [2.24, 2.45) is 11.8 Å². The molecular weight excluding hydrogens is 184 g/mol. The first-order valence-corrected chi connectivity index (χ1v) is 5.71. The molecule has 0 saturated carbocycles. The summed E-state index contributed by atoms with van der Waals surface area (Å²) in [6.07, 6.45) is 1.81. The zero-order valence-electron chi connectivity index (χ0n) is 9.71. The molecule has 1 aliphatic rings. The Labute approximate surface area is 91.5 Å². The van der Waals surface area contributed by atoms with E-state index in [9.17, 15) is 4.79 Å². The van der Waals surface area contributed by atoms with E-state index in [1.807, 2.05) is 12.1 Å². The van der Waals surface area contributed by atoms with Crippen LogP contribution in [0.3, 0.4) is 0 Å². The summed E-state index contributed by atoms with van der Waals surface area (Å²) in [4.78, 5) is 12.0. The molecule has 1 heteroatoms. The molecule has 0 N–H and O–H groups in total. The maximum absolute atomic E-state index is 12.0. The molecular formula is C14H18O. The van der Waals surface area contributed by atoms with E-state index in [1.54, 1.807) is 0 Å². The van der Waals surface area contributed by atoms with E-state index in [1.165, 1.54) is 11.1 Å². The average molecular weight is 202 g/mol. The van der Waals surface area contributed by atoms with Gasteiger partial charge in [-0.2, -0.15) is 0 Å². The number of rotatable bonds is 1. The van der Waals surface area contributed by atoms with Gasteiger partial charge in [0.1, 0.15) is 0 Å². The number of carbonyl (C=O) groups is 1. The van der Waals surface area contributed by atoms with Crippen molar-refractivity contribution in [3.05, 3.63) is 34.9 Å². The molecule has 15 heavy (non-hydrogen) atoms. The summed E-state index contributed by atoms with van der Waals surface area (Å²) >= 11 is 0. The van der Waals surface area contributed by atoms with Crippen LogP contribution in [-0.4, -0.2) is 5.78 Å². The van der Waals surface area contributed by atoms with Crippen molar-refractivity contribution in [2.75, 3.05) is 0 Å². The fraction of sp³-hybridized carbons (Fsp3) is 0.500. The van der Waals surface area contributed by atoms with Crippen LogP contribution in [0.1, 0.15) is 41.8 Å². The molecule has 80 valence electrons. The van der Waals surface area contributed by atoms with Crippen LogP contribution in [0.15, 0.2) is 18.2 Å². The number of aryl methyl sites for hydroxylation is 1. The highest BCUT2D eigenvalue weighted by atomic mass is 16.1. The largest absolute Gasteiger partial charge is 0.294 e. The predicted molar refractivity (Wildman–Crippen MR) is 62.2 cm³/mol. The van der Waals surface area contributed by atoms with Crippen LogP contribution in [0.25, 0.3) is 0 Å². The van der Waals surface area contributed by atoms with E-state index < -0.39 is 0 Å². The predicted octanol–water partition coefficient (Wildman–Crippen LogP) is 3.40. The summed E-state index contributed by atoms with van der Waals surface area (Å²) in [5, 5.41) is 0. The second-order valence-corrected chi connectivity index (χ2v) is 4.94. The number of carbonyl (C=O) groups excluding carboxylic acids is 1. The zero-order valence-corrected chi connectivity index (χ0v) is 9.71. The van der Waals surface area contributed by atoms with Gasteiger partial charge in [-0.25, -0.2) is 0 Å². The molecule has 0 bridgehead atoms. The topological polar surface area (TPSA) is 17.1 Å². The van der Waals surface area contributed by atoms with Gasteiger partial charge in [0, 0.05) is 12.0 Å². The van der Waals surface area contributed by atoms with Gasteiger partial charge >= 0.3 is 0 Å². The summed E-state index contributed by atoms with van der Waals surface area (Å²) in [6, 6.07) is 6.07. The Morgan fingerprint density at radius 3 is 2.67 bits per heavy atom. The molecule has 1 atom stereocenters. The minimum absolute atomic E-state index is 0.332. The monoisotopic (exact) mass is 202 g/mol. The molecule has 1 aliphatic carbocycles. The zero-order chi connectivity index (χ0) is 11.0. The van der Waals surface area contributed by atoms with Gasteiger partial charge in [0.25, 0.3) is 0 Å². The standard InChI is InChI=1S/C14H18O/c1-9(2)11-7-13-10(3)5-4-6-12(13)14(15)8-11/h4-6,9,11H,7-8H2,1-3H3. The van der Waals surface area contributed by atoms with E-state index in [-0.39, 0.29) is 0 Å². The number of hydrogen-bond donors (Lipinski definition) is 0. The minimum Gasteiger partial charge on any atom is -0.294 e. The van der Waals surface area contributed by atoms with Gasteiger partial charge in [-0.1, -0.05) is 32.0 Å². The van der Waals surface area contributed by atoms with Crippen LogP contribution in [0.2, 0.25) is 0 Å². The third kappa shape index (κ3) is 1.83. The lowest BCUT2D eigenvalue weighted by atomic mass is 9.76. The molecule has 0 fully saturated rings. The van der Waals surface area contributed by atoms with Crippen LogP contribution >= 0.6 is 0 Å². The molecule has 0 heterocycles. The van der Waals surface area contributed by atoms with Crippen LogP contribution in [-0.2, 0) is 6.42 Å². The van der Waals surface area contributed by atoms with Crippen molar-refractivity contribution in [3.8, 4) is 0 Å². The first kappa shape index (κ1) is 10.4. The van der Waals surface area contributed by atoms with Crippen molar-refractivity contribution in [1.82, 2.24) is 0 Å². The van der Waals surface area contributed by atoms with Gasteiger partial charge in [0.05, 0.1) is 0 Å². The Kier molecular flexibility index (Phi) is 2.64. The number of hydrogen-bond acceptors (Lipinski definition) is 1. The number of benzene rings is 1. The highest BCUT2D eigenvalue weighted by Crippen LogP contribution is 2.31. The average Bonchev–Trinajstić information content (AvgIpc) is 2.19. The van der Waals surface area contributed by atoms with Crippen LogP contribution < -0.4 is 0 Å². The van der Waals surface area contributed by atoms with Crippen LogP contribution in [0.4, 0.5) is 0 Å². The smallest absolute Gasteiger partial charge is 0.163 e.